The fourth-order valence-electron chi connectivity index (χ4n) is 5.39. The van der Waals surface area contributed by atoms with Gasteiger partial charge in [-0.25, -0.2) is 4.90 Å². The minimum atomic E-state index is -2.15. The maximum Gasteiger partial charge on any atom is 0.241 e. The largest absolute Gasteiger partial charge is 0.349 e. The molecule has 2 amide bonds. The van der Waals surface area contributed by atoms with Gasteiger partial charge in [0.15, 0.2) is 0 Å². The topological polar surface area (TPSA) is 80.8 Å². The normalized spacial score (nSPS) is 24.4. The summed E-state index contributed by atoms with van der Waals surface area (Å²) >= 11 is 18.3. The fourth-order valence-corrected chi connectivity index (χ4v) is 6.03. The van der Waals surface area contributed by atoms with Crippen molar-refractivity contribution in [2.75, 3.05) is 4.90 Å². The van der Waals surface area contributed by atoms with Crippen LogP contribution in [0.15, 0.2) is 66.7 Å². The van der Waals surface area contributed by atoms with E-state index in [4.69, 9.17) is 39.5 Å². The molecule has 2 aliphatic heterocycles. The highest BCUT2D eigenvalue weighted by Crippen LogP contribution is 2.57. The smallest absolute Gasteiger partial charge is 0.241 e. The molecule has 0 saturated carbocycles. The van der Waals surface area contributed by atoms with Gasteiger partial charge in [0.05, 0.1) is 23.6 Å². The Hall–Kier alpha value is -3.03. The number of imide groups is 1. The number of fused-ring (bicyclic) bond motifs is 3. The van der Waals surface area contributed by atoms with E-state index in [0.29, 0.717) is 10.6 Å². The zero-order chi connectivity index (χ0) is 24.6. The van der Waals surface area contributed by atoms with Gasteiger partial charge in [-0.2, -0.15) is 0 Å². The molecule has 1 spiro atoms. The molecular formula is C26H14Cl3NO5. The number of carbonyl (C=O) groups is 4. The average Bonchev–Trinajstić information content (AvgIpc) is 3.39. The van der Waals surface area contributed by atoms with E-state index >= 15 is 0 Å². The van der Waals surface area contributed by atoms with Crippen LogP contribution in [0.1, 0.15) is 32.4 Å². The maximum absolute atomic E-state index is 13.9. The van der Waals surface area contributed by atoms with Gasteiger partial charge >= 0.3 is 0 Å². The zero-order valence-electron chi connectivity index (χ0n) is 17.7. The first-order chi connectivity index (χ1) is 16.7. The Morgan fingerprint density at radius 1 is 0.714 bits per heavy atom. The summed E-state index contributed by atoms with van der Waals surface area (Å²) in [4.78, 5) is 56.0. The van der Waals surface area contributed by atoms with E-state index in [-0.39, 0.29) is 26.9 Å². The molecule has 1 aliphatic carbocycles. The highest BCUT2D eigenvalue weighted by molar-refractivity contribution is 6.38. The zero-order valence-corrected chi connectivity index (χ0v) is 20.0. The van der Waals surface area contributed by atoms with Crippen LogP contribution in [-0.2, 0) is 14.3 Å². The third-order valence-electron chi connectivity index (χ3n) is 6.82. The van der Waals surface area contributed by atoms with Gasteiger partial charge in [0.1, 0.15) is 0 Å². The molecule has 35 heavy (non-hydrogen) atoms. The average molecular weight is 527 g/mol. The molecule has 3 atom stereocenters. The molecule has 3 aromatic rings. The number of carbonyl (C=O) groups excluding carboxylic acids is 4. The van der Waals surface area contributed by atoms with Gasteiger partial charge in [-0.1, -0.05) is 71.2 Å². The first-order valence-electron chi connectivity index (χ1n) is 10.7. The van der Waals surface area contributed by atoms with E-state index in [1.54, 1.807) is 36.4 Å². The lowest BCUT2D eigenvalue weighted by molar-refractivity contribution is -0.127. The number of halogens is 3. The standard InChI is InChI=1S/C26H14Cl3NO5/c27-13-7-5-12(6-8-13)21-19-20(25(34)30(24(19)33)16-10-14(28)9-15(29)11-16)26(35-21)22(31)17-3-1-2-4-18(17)23(26)32/h1-11,19-21H/t19-,20-,21-/m1/s1. The van der Waals surface area contributed by atoms with Crippen molar-refractivity contribution in [1.29, 1.82) is 0 Å². The van der Waals surface area contributed by atoms with Crippen LogP contribution < -0.4 is 4.90 Å². The van der Waals surface area contributed by atoms with Crippen molar-refractivity contribution in [2.24, 2.45) is 11.8 Å². The number of amides is 2. The Morgan fingerprint density at radius 2 is 1.29 bits per heavy atom. The number of ketones is 2. The van der Waals surface area contributed by atoms with Crippen LogP contribution in [-0.4, -0.2) is 29.0 Å². The van der Waals surface area contributed by atoms with Crippen molar-refractivity contribution in [3.63, 3.8) is 0 Å². The quantitative estimate of drug-likeness (QED) is 0.333. The minimum Gasteiger partial charge on any atom is -0.349 e. The molecule has 0 bridgehead atoms. The van der Waals surface area contributed by atoms with Crippen LogP contribution in [0.2, 0.25) is 15.1 Å². The Morgan fingerprint density at radius 3 is 1.86 bits per heavy atom. The van der Waals surface area contributed by atoms with E-state index in [9.17, 15) is 19.2 Å². The molecule has 0 aromatic heterocycles. The lowest BCUT2D eigenvalue weighted by atomic mass is 9.77. The molecule has 2 saturated heterocycles. The Labute approximate surface area is 214 Å². The Bertz CT molecular complexity index is 1410. The highest BCUT2D eigenvalue weighted by atomic mass is 35.5. The minimum absolute atomic E-state index is 0.160. The Balaban J connectivity index is 1.55. The van der Waals surface area contributed by atoms with Crippen LogP contribution in [0, 0.1) is 11.8 Å². The van der Waals surface area contributed by atoms with Gasteiger partial charge < -0.3 is 4.74 Å². The van der Waals surface area contributed by atoms with Crippen LogP contribution in [0.5, 0.6) is 0 Å². The summed E-state index contributed by atoms with van der Waals surface area (Å²) in [6, 6.07) is 17.2. The summed E-state index contributed by atoms with van der Waals surface area (Å²) in [7, 11) is 0. The van der Waals surface area contributed by atoms with Gasteiger partial charge in [0.2, 0.25) is 29.0 Å². The molecule has 2 heterocycles. The van der Waals surface area contributed by atoms with Crippen molar-refractivity contribution in [2.45, 2.75) is 11.7 Å². The fraction of sp³-hybridized carbons (Fsp3) is 0.154. The van der Waals surface area contributed by atoms with Gasteiger partial charge in [-0.15, -0.1) is 0 Å². The summed E-state index contributed by atoms with van der Waals surface area (Å²) in [6.07, 6.45) is -1.03. The summed E-state index contributed by atoms with van der Waals surface area (Å²) in [5.41, 5.74) is -1.14. The molecular weight excluding hydrogens is 513 g/mol. The third-order valence-corrected chi connectivity index (χ3v) is 7.51. The maximum atomic E-state index is 13.9. The lowest BCUT2D eigenvalue weighted by Gasteiger charge is -2.27. The number of hydrogen-bond donors (Lipinski definition) is 0. The summed E-state index contributed by atoms with van der Waals surface area (Å²) in [6.45, 7) is 0. The van der Waals surface area contributed by atoms with Gasteiger partial charge in [0, 0.05) is 26.2 Å². The number of benzene rings is 3. The monoisotopic (exact) mass is 525 g/mol. The van der Waals surface area contributed by atoms with E-state index in [2.05, 4.69) is 0 Å². The molecule has 0 radical (unpaired) electrons. The molecule has 0 N–H and O–H groups in total. The number of Topliss-reactive ketones (excluding diaryl/α,β-unsaturated/α-hetero) is 2. The molecule has 2 fully saturated rings. The van der Waals surface area contributed by atoms with Crippen LogP contribution in [0.3, 0.4) is 0 Å². The van der Waals surface area contributed by atoms with Gasteiger partial charge in [-0.05, 0) is 35.9 Å². The summed E-state index contributed by atoms with van der Waals surface area (Å²) in [5.74, 6) is -5.06. The van der Waals surface area contributed by atoms with E-state index in [0.717, 1.165) is 4.90 Å². The predicted octanol–water partition coefficient (Wildman–Crippen LogP) is 5.34. The molecule has 174 valence electrons. The molecule has 6 rings (SSSR count). The second-order valence-electron chi connectivity index (χ2n) is 8.67. The second kappa shape index (κ2) is 7.73. The lowest BCUT2D eigenvalue weighted by Crippen LogP contribution is -2.51. The molecule has 6 nitrogen and oxygen atoms in total. The summed E-state index contributed by atoms with van der Waals surface area (Å²) in [5, 5.41) is 0.916. The molecule has 0 unspecified atom stereocenters. The number of nitrogens with zero attached hydrogens (tertiary/aromatic N) is 1. The molecule has 3 aliphatic rings. The third kappa shape index (κ3) is 3.01. The number of anilines is 1. The predicted molar refractivity (Wildman–Crippen MR) is 129 cm³/mol. The number of hydrogen-bond acceptors (Lipinski definition) is 5. The summed E-state index contributed by atoms with van der Waals surface area (Å²) < 4.78 is 6.22. The first-order valence-corrected chi connectivity index (χ1v) is 11.8. The van der Waals surface area contributed by atoms with Crippen molar-refractivity contribution >= 4 is 63.9 Å². The van der Waals surface area contributed by atoms with Crippen molar-refractivity contribution in [3.8, 4) is 0 Å². The molecule has 9 heteroatoms. The van der Waals surface area contributed by atoms with Gasteiger partial charge in [-0.3, -0.25) is 19.2 Å². The van der Waals surface area contributed by atoms with Crippen LogP contribution in [0.25, 0.3) is 0 Å². The first kappa shape index (κ1) is 22.4. The number of ether oxygens (including phenoxy) is 1. The van der Waals surface area contributed by atoms with Crippen LogP contribution in [0.4, 0.5) is 5.69 Å². The van der Waals surface area contributed by atoms with E-state index in [1.165, 1.54) is 30.3 Å². The number of rotatable bonds is 2. The second-order valence-corrected chi connectivity index (χ2v) is 9.98. The van der Waals surface area contributed by atoms with E-state index in [1.807, 2.05) is 0 Å². The van der Waals surface area contributed by atoms with Crippen molar-refractivity contribution in [1.82, 2.24) is 0 Å². The van der Waals surface area contributed by atoms with Crippen molar-refractivity contribution in [3.05, 3.63) is 98.5 Å². The van der Waals surface area contributed by atoms with E-state index < -0.39 is 46.9 Å². The van der Waals surface area contributed by atoms with Gasteiger partial charge in [0.25, 0.3) is 0 Å². The highest BCUT2D eigenvalue weighted by Gasteiger charge is 2.74. The van der Waals surface area contributed by atoms with Crippen molar-refractivity contribution < 1.29 is 23.9 Å². The Kier molecular flexibility index (Phi) is 4.96. The SMILES string of the molecule is O=C1[C@H]2[C@@H](c3ccc(Cl)cc3)OC3(C(=O)c4ccccc4C3=O)[C@H]2C(=O)N1c1cc(Cl)cc(Cl)c1. The molecule has 3 aromatic carbocycles. The van der Waals surface area contributed by atoms with Crippen LogP contribution >= 0.6 is 34.8 Å².